The predicted molar refractivity (Wildman–Crippen MR) is 112 cm³/mol. The molecule has 0 fully saturated rings. The van der Waals surface area contributed by atoms with E-state index in [9.17, 15) is 14.4 Å². The molecule has 148 valence electrons. The van der Waals surface area contributed by atoms with Crippen LogP contribution in [0.2, 0.25) is 0 Å². The zero-order valence-electron chi connectivity index (χ0n) is 15.8. The molecule has 2 amide bonds. The lowest BCUT2D eigenvalue weighted by molar-refractivity contribution is -0.114. The summed E-state index contributed by atoms with van der Waals surface area (Å²) in [6.07, 6.45) is 3.94. The number of aryl methyl sites for hydroxylation is 1. The summed E-state index contributed by atoms with van der Waals surface area (Å²) in [4.78, 5) is 37.8. The van der Waals surface area contributed by atoms with Gasteiger partial charge in [-0.25, -0.2) is 4.79 Å². The molecule has 1 aromatic carbocycles. The van der Waals surface area contributed by atoms with Crippen molar-refractivity contribution >= 4 is 51.6 Å². The van der Waals surface area contributed by atoms with Crippen LogP contribution < -0.4 is 10.6 Å². The number of benzene rings is 1. The Balaban J connectivity index is 1.64. The number of nitrogens with one attached hydrogen (secondary N) is 2. The van der Waals surface area contributed by atoms with Crippen LogP contribution in [-0.4, -0.2) is 30.6 Å². The van der Waals surface area contributed by atoms with Crippen LogP contribution in [0, 0.1) is 0 Å². The molecule has 0 saturated carbocycles. The summed E-state index contributed by atoms with van der Waals surface area (Å²) < 4.78 is 4.93. The lowest BCUT2D eigenvalue weighted by atomic mass is 9.95. The number of hydrogen-bond donors (Lipinski definition) is 2. The van der Waals surface area contributed by atoms with Crippen molar-refractivity contribution in [3.05, 3.63) is 40.3 Å². The number of thiophene rings is 1. The van der Waals surface area contributed by atoms with Crippen LogP contribution in [0.1, 0.15) is 40.6 Å². The maximum absolute atomic E-state index is 12.4. The molecule has 2 N–H and O–H groups in total. The van der Waals surface area contributed by atoms with E-state index in [1.165, 1.54) is 42.0 Å². The minimum absolute atomic E-state index is 0.125. The van der Waals surface area contributed by atoms with Gasteiger partial charge in [0.2, 0.25) is 11.8 Å². The summed E-state index contributed by atoms with van der Waals surface area (Å²) >= 11 is 2.87. The summed E-state index contributed by atoms with van der Waals surface area (Å²) in [7, 11) is 1.36. The first-order valence-corrected chi connectivity index (χ1v) is 10.8. The molecule has 3 rings (SSSR count). The molecule has 0 atom stereocenters. The second-order valence-electron chi connectivity index (χ2n) is 6.45. The Labute approximate surface area is 172 Å². The highest BCUT2D eigenvalue weighted by molar-refractivity contribution is 8.00. The van der Waals surface area contributed by atoms with E-state index >= 15 is 0 Å². The molecule has 0 radical (unpaired) electrons. The molecule has 0 unspecified atom stereocenters. The molecule has 1 aliphatic carbocycles. The number of rotatable bonds is 6. The fourth-order valence-corrected chi connectivity index (χ4v) is 5.11. The number of amides is 2. The van der Waals surface area contributed by atoms with Gasteiger partial charge in [0.1, 0.15) is 5.00 Å². The van der Waals surface area contributed by atoms with Gasteiger partial charge in [0.25, 0.3) is 0 Å². The van der Waals surface area contributed by atoms with E-state index in [2.05, 4.69) is 10.6 Å². The predicted octanol–water partition coefficient (Wildman–Crippen LogP) is 4.10. The van der Waals surface area contributed by atoms with Gasteiger partial charge in [0, 0.05) is 22.4 Å². The lowest BCUT2D eigenvalue weighted by Gasteiger charge is -2.11. The van der Waals surface area contributed by atoms with Crippen molar-refractivity contribution in [3.8, 4) is 0 Å². The number of hydrogen-bond acceptors (Lipinski definition) is 6. The fourth-order valence-electron chi connectivity index (χ4n) is 3.12. The number of ether oxygens (including phenoxy) is 1. The third kappa shape index (κ3) is 4.94. The van der Waals surface area contributed by atoms with E-state index in [0.29, 0.717) is 16.3 Å². The Morgan fingerprint density at radius 1 is 1.11 bits per heavy atom. The SMILES string of the molecule is COC(=O)c1c(NC(=O)CSc2ccc(NC(C)=O)cc2)sc2c1CCCC2. The summed E-state index contributed by atoms with van der Waals surface area (Å²) in [6.45, 7) is 1.46. The van der Waals surface area contributed by atoms with Crippen molar-refractivity contribution in [1.82, 2.24) is 0 Å². The van der Waals surface area contributed by atoms with Crippen molar-refractivity contribution in [1.29, 1.82) is 0 Å². The Hall–Kier alpha value is -2.32. The molecule has 2 aromatic rings. The molecule has 1 aromatic heterocycles. The first kappa shape index (κ1) is 20.4. The highest BCUT2D eigenvalue weighted by atomic mass is 32.2. The molecule has 8 heteroatoms. The molecule has 1 heterocycles. The molecule has 6 nitrogen and oxygen atoms in total. The van der Waals surface area contributed by atoms with E-state index in [-0.39, 0.29) is 17.6 Å². The number of methoxy groups -OCH3 is 1. The molecular formula is C20H22N2O4S2. The Bertz CT molecular complexity index is 890. The van der Waals surface area contributed by atoms with E-state index in [1.54, 1.807) is 12.1 Å². The average molecular weight is 419 g/mol. The number of thioether (sulfide) groups is 1. The van der Waals surface area contributed by atoms with Gasteiger partial charge >= 0.3 is 5.97 Å². The van der Waals surface area contributed by atoms with Crippen molar-refractivity contribution in [3.63, 3.8) is 0 Å². The molecule has 0 aliphatic heterocycles. The van der Waals surface area contributed by atoms with Crippen LogP contribution in [0.5, 0.6) is 0 Å². The van der Waals surface area contributed by atoms with Crippen molar-refractivity contribution < 1.29 is 19.1 Å². The molecule has 28 heavy (non-hydrogen) atoms. The molecule has 1 aliphatic rings. The van der Waals surface area contributed by atoms with Gasteiger partial charge in [-0.2, -0.15) is 0 Å². The maximum Gasteiger partial charge on any atom is 0.341 e. The van der Waals surface area contributed by atoms with Gasteiger partial charge < -0.3 is 15.4 Å². The second-order valence-corrected chi connectivity index (χ2v) is 8.60. The van der Waals surface area contributed by atoms with Crippen LogP contribution in [0.3, 0.4) is 0 Å². The van der Waals surface area contributed by atoms with Gasteiger partial charge in [-0.15, -0.1) is 23.1 Å². The van der Waals surface area contributed by atoms with Crippen LogP contribution in [0.25, 0.3) is 0 Å². The Morgan fingerprint density at radius 3 is 2.50 bits per heavy atom. The number of esters is 1. The summed E-state index contributed by atoms with van der Waals surface area (Å²) in [5.41, 5.74) is 2.26. The summed E-state index contributed by atoms with van der Waals surface area (Å²) in [5.74, 6) is -0.460. The van der Waals surface area contributed by atoms with Gasteiger partial charge in [0.15, 0.2) is 0 Å². The van der Waals surface area contributed by atoms with Gasteiger partial charge in [-0.05, 0) is 55.5 Å². The van der Waals surface area contributed by atoms with Crippen molar-refractivity contribution in [2.45, 2.75) is 37.5 Å². The molecule has 0 saturated heterocycles. The number of fused-ring (bicyclic) bond motifs is 1. The van der Waals surface area contributed by atoms with Crippen LogP contribution >= 0.6 is 23.1 Å². The van der Waals surface area contributed by atoms with Gasteiger partial charge in [-0.1, -0.05) is 0 Å². The molecule has 0 bridgehead atoms. The third-order valence-corrected chi connectivity index (χ3v) is 6.58. The zero-order chi connectivity index (χ0) is 20.1. The Morgan fingerprint density at radius 2 is 1.82 bits per heavy atom. The van der Waals surface area contributed by atoms with E-state index in [0.717, 1.165) is 36.1 Å². The van der Waals surface area contributed by atoms with E-state index in [1.807, 2.05) is 12.1 Å². The monoisotopic (exact) mass is 418 g/mol. The summed E-state index contributed by atoms with van der Waals surface area (Å²) in [5, 5.41) is 6.19. The molecular weight excluding hydrogens is 396 g/mol. The largest absolute Gasteiger partial charge is 0.465 e. The molecule has 0 spiro atoms. The van der Waals surface area contributed by atoms with Gasteiger partial charge in [0.05, 0.1) is 18.4 Å². The minimum Gasteiger partial charge on any atom is -0.465 e. The first-order chi connectivity index (χ1) is 13.5. The quantitative estimate of drug-likeness (QED) is 0.545. The normalized spacial score (nSPS) is 12.8. The maximum atomic E-state index is 12.4. The standard InChI is InChI=1S/C20H22N2O4S2/c1-12(23)21-13-7-9-14(10-8-13)27-11-17(24)22-19-18(20(25)26-2)15-5-3-4-6-16(15)28-19/h7-10H,3-6,11H2,1-2H3,(H,21,23)(H,22,24). The van der Waals surface area contributed by atoms with Crippen LogP contribution in [0.4, 0.5) is 10.7 Å². The summed E-state index contributed by atoms with van der Waals surface area (Å²) in [6, 6.07) is 7.30. The topological polar surface area (TPSA) is 84.5 Å². The highest BCUT2D eigenvalue weighted by Gasteiger charge is 2.26. The minimum atomic E-state index is -0.393. The number of anilines is 2. The Kier molecular flexibility index (Phi) is 6.74. The average Bonchev–Trinajstić information content (AvgIpc) is 3.04. The lowest BCUT2D eigenvalue weighted by Crippen LogP contribution is -2.16. The second kappa shape index (κ2) is 9.25. The van der Waals surface area contributed by atoms with Crippen molar-refractivity contribution in [2.24, 2.45) is 0 Å². The van der Waals surface area contributed by atoms with Crippen LogP contribution in [0.15, 0.2) is 29.2 Å². The van der Waals surface area contributed by atoms with E-state index in [4.69, 9.17) is 4.74 Å². The fraction of sp³-hybridized carbons (Fsp3) is 0.350. The first-order valence-electron chi connectivity index (χ1n) is 9.01. The van der Waals surface area contributed by atoms with Gasteiger partial charge in [-0.3, -0.25) is 9.59 Å². The third-order valence-electron chi connectivity index (χ3n) is 4.36. The zero-order valence-corrected chi connectivity index (χ0v) is 17.4. The number of carbonyl (C=O) groups excluding carboxylic acids is 3. The van der Waals surface area contributed by atoms with Crippen LogP contribution in [-0.2, 0) is 27.2 Å². The smallest absolute Gasteiger partial charge is 0.341 e. The van der Waals surface area contributed by atoms with Crippen molar-refractivity contribution in [2.75, 3.05) is 23.5 Å². The highest BCUT2D eigenvalue weighted by Crippen LogP contribution is 2.38. The van der Waals surface area contributed by atoms with E-state index < -0.39 is 5.97 Å². The number of carbonyl (C=O) groups is 3.